The smallest absolute Gasteiger partial charge is 0.137 e. The first-order valence-corrected chi connectivity index (χ1v) is 7.43. The minimum atomic E-state index is 0.338. The fourth-order valence-electron chi connectivity index (χ4n) is 2.01. The van der Waals surface area contributed by atoms with E-state index in [0.29, 0.717) is 10.7 Å². The molecule has 0 aliphatic rings. The summed E-state index contributed by atoms with van der Waals surface area (Å²) in [6.07, 6.45) is 0. The molecule has 0 heterocycles. The third-order valence-corrected chi connectivity index (χ3v) is 4.51. The molecule has 0 amide bonds. The zero-order valence-electron chi connectivity index (χ0n) is 11.7. The van der Waals surface area contributed by atoms with Crippen LogP contribution in [0.15, 0.2) is 34.8 Å². The van der Waals surface area contributed by atoms with Crippen molar-refractivity contribution in [2.75, 3.05) is 0 Å². The average Bonchev–Trinajstić information content (AvgIpc) is 2.35. The van der Waals surface area contributed by atoms with Crippen LogP contribution in [0.3, 0.4) is 0 Å². The highest BCUT2D eigenvalue weighted by molar-refractivity contribution is 9.10. The van der Waals surface area contributed by atoms with E-state index in [4.69, 9.17) is 22.7 Å². The van der Waals surface area contributed by atoms with Gasteiger partial charge in [0.25, 0.3) is 0 Å². The molecule has 0 fully saturated rings. The van der Waals surface area contributed by atoms with Crippen LogP contribution >= 0.6 is 28.1 Å². The van der Waals surface area contributed by atoms with Crippen molar-refractivity contribution in [3.63, 3.8) is 0 Å². The van der Waals surface area contributed by atoms with Gasteiger partial charge in [-0.25, -0.2) is 0 Å². The normalized spacial score (nSPS) is 10.4. The van der Waals surface area contributed by atoms with Crippen LogP contribution in [0.25, 0.3) is 0 Å². The van der Waals surface area contributed by atoms with Gasteiger partial charge in [0.15, 0.2) is 0 Å². The van der Waals surface area contributed by atoms with E-state index in [1.807, 2.05) is 51.1 Å². The molecule has 0 bridgehead atoms. The molecule has 0 aliphatic carbocycles. The molecule has 104 valence electrons. The number of aryl methyl sites for hydroxylation is 3. The predicted octanol–water partition coefficient (Wildman–Crippen LogP) is 4.80. The molecule has 0 aliphatic heterocycles. The number of thiocarbonyl (C=S) groups is 1. The van der Waals surface area contributed by atoms with Crippen molar-refractivity contribution < 1.29 is 4.74 Å². The van der Waals surface area contributed by atoms with E-state index in [1.165, 1.54) is 0 Å². The molecular weight excluding hydrogens is 334 g/mol. The molecule has 2 nitrogen and oxygen atoms in total. The number of benzene rings is 2. The molecule has 0 unspecified atom stereocenters. The number of nitrogens with two attached hydrogens (primary N) is 1. The van der Waals surface area contributed by atoms with Crippen molar-refractivity contribution in [1.29, 1.82) is 0 Å². The Morgan fingerprint density at radius 1 is 1.10 bits per heavy atom. The minimum Gasteiger partial charge on any atom is -0.457 e. The lowest BCUT2D eigenvalue weighted by Crippen LogP contribution is -2.10. The van der Waals surface area contributed by atoms with Gasteiger partial charge < -0.3 is 10.5 Å². The Hall–Kier alpha value is -1.39. The Morgan fingerprint density at radius 3 is 2.25 bits per heavy atom. The van der Waals surface area contributed by atoms with Gasteiger partial charge in [0.05, 0.1) is 5.56 Å². The van der Waals surface area contributed by atoms with E-state index >= 15 is 0 Å². The molecular formula is C16H16BrNOS. The monoisotopic (exact) mass is 349 g/mol. The van der Waals surface area contributed by atoms with Crippen molar-refractivity contribution in [1.82, 2.24) is 0 Å². The number of hydrogen-bond acceptors (Lipinski definition) is 2. The molecule has 2 N–H and O–H groups in total. The lowest BCUT2D eigenvalue weighted by molar-refractivity contribution is 0.480. The largest absolute Gasteiger partial charge is 0.457 e. The molecule has 0 radical (unpaired) electrons. The average molecular weight is 350 g/mol. The first-order valence-electron chi connectivity index (χ1n) is 6.23. The summed E-state index contributed by atoms with van der Waals surface area (Å²) in [4.78, 5) is 0.338. The summed E-state index contributed by atoms with van der Waals surface area (Å²) in [5, 5.41) is 0. The zero-order chi connectivity index (χ0) is 14.9. The van der Waals surface area contributed by atoms with Gasteiger partial charge in [0, 0.05) is 4.47 Å². The third-order valence-electron chi connectivity index (χ3n) is 3.04. The fourth-order valence-corrected chi connectivity index (χ4v) is 2.41. The second-order valence-electron chi connectivity index (χ2n) is 4.84. The van der Waals surface area contributed by atoms with Gasteiger partial charge in [-0.3, -0.25) is 0 Å². The molecule has 2 aromatic carbocycles. The Labute approximate surface area is 133 Å². The molecule has 2 rings (SSSR count). The van der Waals surface area contributed by atoms with Crippen LogP contribution in [-0.2, 0) is 0 Å². The van der Waals surface area contributed by atoms with Crippen LogP contribution in [-0.4, -0.2) is 4.99 Å². The Bertz CT molecular complexity index is 659. The fraction of sp³-hybridized carbons (Fsp3) is 0.188. The van der Waals surface area contributed by atoms with Gasteiger partial charge in [-0.2, -0.15) is 0 Å². The van der Waals surface area contributed by atoms with Crippen molar-refractivity contribution in [3.05, 3.63) is 57.1 Å². The van der Waals surface area contributed by atoms with Crippen LogP contribution in [0.2, 0.25) is 0 Å². The molecule has 2 aromatic rings. The summed E-state index contributed by atoms with van der Waals surface area (Å²) >= 11 is 8.62. The quantitative estimate of drug-likeness (QED) is 0.808. The lowest BCUT2D eigenvalue weighted by Gasteiger charge is -2.13. The summed E-state index contributed by atoms with van der Waals surface area (Å²) in [5.74, 6) is 1.48. The number of ether oxygens (including phenoxy) is 1. The topological polar surface area (TPSA) is 35.2 Å². The van der Waals surface area contributed by atoms with E-state index in [9.17, 15) is 0 Å². The predicted molar refractivity (Wildman–Crippen MR) is 90.8 cm³/mol. The number of rotatable bonds is 3. The van der Waals surface area contributed by atoms with Gasteiger partial charge in [-0.15, -0.1) is 0 Å². The first kappa shape index (κ1) is 15.0. The SMILES string of the molecule is Cc1ccc(C(N)=S)c(Oc2cc(C)c(Br)c(C)c2)c1. The maximum absolute atomic E-state index is 5.98. The van der Waals surface area contributed by atoms with Gasteiger partial charge >= 0.3 is 0 Å². The Balaban J connectivity index is 2.44. The third kappa shape index (κ3) is 3.19. The van der Waals surface area contributed by atoms with Crippen molar-refractivity contribution in [2.45, 2.75) is 20.8 Å². The first-order chi connectivity index (χ1) is 9.38. The summed E-state index contributed by atoms with van der Waals surface area (Å²) in [7, 11) is 0. The van der Waals surface area contributed by atoms with Crippen molar-refractivity contribution >= 4 is 33.1 Å². The van der Waals surface area contributed by atoms with Crippen molar-refractivity contribution in [2.24, 2.45) is 5.73 Å². The highest BCUT2D eigenvalue weighted by Crippen LogP contribution is 2.31. The van der Waals surface area contributed by atoms with Crippen LogP contribution < -0.4 is 10.5 Å². The van der Waals surface area contributed by atoms with Crippen molar-refractivity contribution in [3.8, 4) is 11.5 Å². The highest BCUT2D eigenvalue weighted by atomic mass is 79.9. The summed E-state index contributed by atoms with van der Waals surface area (Å²) in [5.41, 5.74) is 9.86. The number of hydrogen-bond donors (Lipinski definition) is 1. The van der Waals surface area contributed by atoms with Gasteiger partial charge in [0.2, 0.25) is 0 Å². The maximum atomic E-state index is 5.98. The van der Waals surface area contributed by atoms with E-state index in [1.54, 1.807) is 0 Å². The van der Waals surface area contributed by atoms with E-state index in [2.05, 4.69) is 15.9 Å². The summed E-state index contributed by atoms with van der Waals surface area (Å²) in [6, 6.07) is 9.79. The Morgan fingerprint density at radius 2 is 1.70 bits per heavy atom. The zero-order valence-corrected chi connectivity index (χ0v) is 14.1. The highest BCUT2D eigenvalue weighted by Gasteiger charge is 2.10. The van der Waals surface area contributed by atoms with E-state index in [-0.39, 0.29) is 0 Å². The molecule has 0 saturated carbocycles. The van der Waals surface area contributed by atoms with Crippen LogP contribution in [0.4, 0.5) is 0 Å². The van der Waals surface area contributed by atoms with E-state index < -0.39 is 0 Å². The van der Waals surface area contributed by atoms with Gasteiger partial charge in [0.1, 0.15) is 16.5 Å². The molecule has 4 heteroatoms. The van der Waals surface area contributed by atoms with Crippen LogP contribution in [0.1, 0.15) is 22.3 Å². The molecule has 0 aromatic heterocycles. The summed E-state index contributed by atoms with van der Waals surface area (Å²) in [6.45, 7) is 6.08. The second-order valence-corrected chi connectivity index (χ2v) is 6.07. The van der Waals surface area contributed by atoms with Crippen LogP contribution in [0, 0.1) is 20.8 Å². The van der Waals surface area contributed by atoms with Crippen LogP contribution in [0.5, 0.6) is 11.5 Å². The summed E-state index contributed by atoms with van der Waals surface area (Å²) < 4.78 is 7.08. The standard InChI is InChI=1S/C16H16BrNOS/c1-9-4-5-13(16(18)20)14(6-9)19-12-7-10(2)15(17)11(3)8-12/h4-8H,1-3H3,(H2,18,20). The molecule has 0 atom stereocenters. The Kier molecular flexibility index (Phi) is 4.45. The number of halogens is 1. The lowest BCUT2D eigenvalue weighted by atomic mass is 10.1. The molecule has 0 saturated heterocycles. The van der Waals surface area contributed by atoms with E-state index in [0.717, 1.165) is 32.5 Å². The molecule has 0 spiro atoms. The van der Waals surface area contributed by atoms with Gasteiger partial charge in [-0.05, 0) is 61.7 Å². The second kappa shape index (κ2) is 5.94. The minimum absolute atomic E-state index is 0.338. The molecule has 20 heavy (non-hydrogen) atoms. The van der Waals surface area contributed by atoms with Gasteiger partial charge in [-0.1, -0.05) is 34.2 Å². The maximum Gasteiger partial charge on any atom is 0.137 e.